The number of benzene rings is 3. The van der Waals surface area contributed by atoms with Gasteiger partial charge in [-0.1, -0.05) is 91.0 Å². The Bertz CT molecular complexity index is 1230. The van der Waals surface area contributed by atoms with E-state index in [1.54, 1.807) is 4.90 Å². The van der Waals surface area contributed by atoms with Crippen LogP contribution in [0.25, 0.3) is 0 Å². The molecule has 0 bridgehead atoms. The monoisotopic (exact) mass is 487 g/mol. The molecular formula is C29H26ClNO4. The van der Waals surface area contributed by atoms with E-state index in [9.17, 15) is 9.59 Å². The van der Waals surface area contributed by atoms with Gasteiger partial charge in [0.1, 0.15) is 12.6 Å². The van der Waals surface area contributed by atoms with Crippen LogP contribution < -0.4 is 0 Å². The summed E-state index contributed by atoms with van der Waals surface area (Å²) < 4.78 is 11.6. The highest BCUT2D eigenvalue weighted by Gasteiger charge is 2.83. The molecule has 3 aromatic carbocycles. The Morgan fingerprint density at radius 2 is 1.51 bits per heavy atom. The van der Waals surface area contributed by atoms with Gasteiger partial charge in [-0.3, -0.25) is 9.69 Å². The maximum absolute atomic E-state index is 13.5. The zero-order valence-electron chi connectivity index (χ0n) is 19.2. The molecule has 1 aliphatic heterocycles. The fourth-order valence-corrected chi connectivity index (χ4v) is 6.28. The number of nitrogens with zero attached hydrogens (tertiary/aromatic N) is 1. The van der Waals surface area contributed by atoms with Gasteiger partial charge in [-0.15, -0.1) is 11.6 Å². The number of amides is 1. The number of ether oxygens (including phenoxy) is 2. The third kappa shape index (κ3) is 3.61. The molecule has 5 nitrogen and oxygen atoms in total. The molecule has 6 rings (SSSR count). The summed E-state index contributed by atoms with van der Waals surface area (Å²) in [6.07, 6.45) is 1.61. The molecule has 1 spiro atoms. The van der Waals surface area contributed by atoms with Crippen molar-refractivity contribution in [2.75, 3.05) is 0 Å². The standard InChI is InChI=1S/C29H26ClNO4/c30-25(26(32)34-18-20-10-4-1-5-11-20)29(19-28(29)16-17-28)31-23(21-12-6-2-7-13-21)24(35-27(31)33)22-14-8-3-9-15-22/h1-15,23-25H,16-19H2/t23-,24+,25-,29-/m1/s1. The minimum absolute atomic E-state index is 0.144. The number of halogens is 1. The van der Waals surface area contributed by atoms with Crippen molar-refractivity contribution in [1.29, 1.82) is 0 Å². The maximum atomic E-state index is 13.5. The molecule has 3 fully saturated rings. The Morgan fingerprint density at radius 1 is 0.943 bits per heavy atom. The molecule has 0 N–H and O–H groups in total. The van der Waals surface area contributed by atoms with Gasteiger partial charge >= 0.3 is 12.1 Å². The lowest BCUT2D eigenvalue weighted by Gasteiger charge is -2.36. The number of esters is 1. The second-order valence-corrected chi connectivity index (χ2v) is 10.2. The van der Waals surface area contributed by atoms with Crippen LogP contribution in [0.2, 0.25) is 0 Å². The molecule has 1 saturated heterocycles. The maximum Gasteiger partial charge on any atom is 0.411 e. The third-order valence-electron chi connectivity index (χ3n) is 7.79. The molecule has 35 heavy (non-hydrogen) atoms. The van der Waals surface area contributed by atoms with Crippen molar-refractivity contribution in [1.82, 2.24) is 4.90 Å². The molecule has 3 aromatic rings. The Hall–Kier alpha value is -3.31. The number of rotatable bonds is 7. The fourth-order valence-electron chi connectivity index (χ4n) is 5.81. The molecule has 4 atom stereocenters. The largest absolute Gasteiger partial charge is 0.460 e. The Labute approximate surface area is 209 Å². The first-order valence-electron chi connectivity index (χ1n) is 12.0. The van der Waals surface area contributed by atoms with Gasteiger partial charge in [0, 0.05) is 0 Å². The molecule has 2 aliphatic carbocycles. The minimum atomic E-state index is -0.984. The van der Waals surface area contributed by atoms with E-state index in [2.05, 4.69) is 0 Å². The number of carbonyl (C=O) groups is 2. The topological polar surface area (TPSA) is 55.8 Å². The van der Waals surface area contributed by atoms with Crippen LogP contribution in [-0.2, 0) is 20.9 Å². The van der Waals surface area contributed by atoms with E-state index in [0.29, 0.717) is 6.42 Å². The van der Waals surface area contributed by atoms with E-state index in [1.807, 2.05) is 91.0 Å². The first-order chi connectivity index (χ1) is 17.1. The summed E-state index contributed by atoms with van der Waals surface area (Å²) in [5.74, 6) is -0.498. The molecule has 1 heterocycles. The summed E-state index contributed by atoms with van der Waals surface area (Å²) in [6.45, 7) is 0.144. The number of hydrogen-bond donors (Lipinski definition) is 0. The first-order valence-corrected chi connectivity index (χ1v) is 12.4. The molecule has 0 unspecified atom stereocenters. The third-order valence-corrected chi connectivity index (χ3v) is 8.33. The predicted octanol–water partition coefficient (Wildman–Crippen LogP) is 6.19. The van der Waals surface area contributed by atoms with Crippen molar-refractivity contribution in [3.63, 3.8) is 0 Å². The van der Waals surface area contributed by atoms with E-state index < -0.39 is 35.1 Å². The molecule has 1 amide bonds. The summed E-state index contributed by atoms with van der Waals surface area (Å²) in [5, 5.41) is -0.984. The summed E-state index contributed by atoms with van der Waals surface area (Å²) in [7, 11) is 0. The molecule has 178 valence electrons. The van der Waals surface area contributed by atoms with Gasteiger partial charge in [-0.25, -0.2) is 4.79 Å². The van der Waals surface area contributed by atoms with Crippen LogP contribution in [0.1, 0.15) is 48.1 Å². The van der Waals surface area contributed by atoms with Gasteiger partial charge in [-0.05, 0) is 41.4 Å². The molecule has 6 heteroatoms. The fraction of sp³-hybridized carbons (Fsp3) is 0.310. The van der Waals surface area contributed by atoms with Crippen LogP contribution in [0, 0.1) is 5.41 Å². The number of alkyl halides is 1. The number of carbonyl (C=O) groups excluding carboxylic acids is 2. The Morgan fingerprint density at radius 3 is 2.09 bits per heavy atom. The van der Waals surface area contributed by atoms with Crippen LogP contribution >= 0.6 is 11.6 Å². The summed E-state index contributed by atoms with van der Waals surface area (Å²) in [5.41, 5.74) is 1.78. The lowest BCUT2D eigenvalue weighted by molar-refractivity contribution is -0.146. The van der Waals surface area contributed by atoms with Crippen molar-refractivity contribution < 1.29 is 19.1 Å². The van der Waals surface area contributed by atoms with E-state index in [0.717, 1.165) is 29.5 Å². The highest BCUT2D eigenvalue weighted by atomic mass is 35.5. The van der Waals surface area contributed by atoms with E-state index in [-0.39, 0.29) is 12.0 Å². The average Bonchev–Trinajstić information content (AvgIpc) is 3.80. The van der Waals surface area contributed by atoms with Crippen molar-refractivity contribution in [2.24, 2.45) is 5.41 Å². The molecule has 3 aliphatic rings. The van der Waals surface area contributed by atoms with Crippen LogP contribution in [0.3, 0.4) is 0 Å². The zero-order chi connectivity index (χ0) is 24.0. The first kappa shape index (κ1) is 22.2. The summed E-state index contributed by atoms with van der Waals surface area (Å²) >= 11 is 6.94. The quantitative estimate of drug-likeness (QED) is 0.294. The van der Waals surface area contributed by atoms with Gasteiger partial charge < -0.3 is 9.47 Å². The molecule has 0 radical (unpaired) electrons. The van der Waals surface area contributed by atoms with Crippen molar-refractivity contribution in [3.8, 4) is 0 Å². The Kier molecular flexibility index (Phi) is 5.33. The highest BCUT2D eigenvalue weighted by Crippen LogP contribution is 2.79. The molecule has 2 saturated carbocycles. The van der Waals surface area contributed by atoms with Crippen molar-refractivity contribution >= 4 is 23.7 Å². The number of cyclic esters (lactones) is 1. The minimum Gasteiger partial charge on any atom is -0.460 e. The zero-order valence-corrected chi connectivity index (χ0v) is 19.9. The SMILES string of the molecule is O=C(OCc1ccccc1)[C@@H](Cl)[C@]1(N2C(=O)O[C@@H](c3ccccc3)[C@H]2c2ccccc2)CC12CC2. The summed E-state index contributed by atoms with van der Waals surface area (Å²) in [4.78, 5) is 28.6. The molecular weight excluding hydrogens is 462 g/mol. The van der Waals surface area contributed by atoms with Gasteiger partial charge in [0.25, 0.3) is 0 Å². The van der Waals surface area contributed by atoms with Gasteiger partial charge in [0.05, 0.1) is 5.54 Å². The Balaban J connectivity index is 1.35. The average molecular weight is 488 g/mol. The van der Waals surface area contributed by atoms with Crippen LogP contribution in [-0.4, -0.2) is 27.9 Å². The van der Waals surface area contributed by atoms with Crippen molar-refractivity contribution in [2.45, 2.75) is 48.9 Å². The second-order valence-electron chi connectivity index (χ2n) is 9.78. The lowest BCUT2D eigenvalue weighted by Crippen LogP contribution is -2.51. The summed E-state index contributed by atoms with van der Waals surface area (Å²) in [6, 6.07) is 28.7. The van der Waals surface area contributed by atoms with Crippen LogP contribution in [0.15, 0.2) is 91.0 Å². The predicted molar refractivity (Wildman–Crippen MR) is 132 cm³/mol. The van der Waals surface area contributed by atoms with Crippen LogP contribution in [0.4, 0.5) is 4.79 Å². The van der Waals surface area contributed by atoms with E-state index in [1.165, 1.54) is 0 Å². The van der Waals surface area contributed by atoms with Gasteiger partial charge in [0.15, 0.2) is 11.5 Å². The van der Waals surface area contributed by atoms with Gasteiger partial charge in [0.2, 0.25) is 0 Å². The van der Waals surface area contributed by atoms with E-state index in [4.69, 9.17) is 21.1 Å². The van der Waals surface area contributed by atoms with Crippen LogP contribution in [0.5, 0.6) is 0 Å². The molecule has 0 aromatic heterocycles. The normalized spacial score (nSPS) is 26.8. The van der Waals surface area contributed by atoms with E-state index >= 15 is 0 Å². The van der Waals surface area contributed by atoms with Gasteiger partial charge in [-0.2, -0.15) is 0 Å². The number of hydrogen-bond acceptors (Lipinski definition) is 4. The lowest BCUT2D eigenvalue weighted by atomic mass is 9.92. The smallest absolute Gasteiger partial charge is 0.411 e. The second kappa shape index (κ2) is 8.42. The van der Waals surface area contributed by atoms with Crippen molar-refractivity contribution in [3.05, 3.63) is 108 Å². The highest BCUT2D eigenvalue weighted by molar-refractivity contribution is 6.31.